The number of hydrogen-bond donors (Lipinski definition) is 0. The highest BCUT2D eigenvalue weighted by molar-refractivity contribution is 5.71. The average Bonchev–Trinajstić information content (AvgIpc) is 2.38. The van der Waals surface area contributed by atoms with E-state index < -0.39 is 11.7 Å². The molecule has 0 heterocycles. The number of benzene rings is 2. The van der Waals surface area contributed by atoms with Gasteiger partial charge in [0, 0.05) is 5.56 Å². The summed E-state index contributed by atoms with van der Waals surface area (Å²) < 4.78 is 43.4. The quantitative estimate of drug-likeness (QED) is 0.766. The summed E-state index contributed by atoms with van der Waals surface area (Å²) in [5, 5.41) is 0. The lowest BCUT2D eigenvalue weighted by molar-refractivity contribution is -0.137. The van der Waals surface area contributed by atoms with E-state index in [-0.39, 0.29) is 0 Å². The number of hydrogen-bond acceptors (Lipinski definition) is 1. The van der Waals surface area contributed by atoms with E-state index in [4.69, 9.17) is 4.74 Å². The van der Waals surface area contributed by atoms with Gasteiger partial charge in [-0.05, 0) is 30.7 Å². The average molecular weight is 266 g/mol. The Morgan fingerprint density at radius 2 is 1.58 bits per heavy atom. The van der Waals surface area contributed by atoms with Gasteiger partial charge in [-0.2, -0.15) is 13.2 Å². The molecule has 2 aromatic rings. The van der Waals surface area contributed by atoms with E-state index in [0.29, 0.717) is 16.9 Å². The van der Waals surface area contributed by atoms with Gasteiger partial charge in [0.1, 0.15) is 5.75 Å². The van der Waals surface area contributed by atoms with Crippen LogP contribution in [-0.4, -0.2) is 7.11 Å². The zero-order valence-corrected chi connectivity index (χ0v) is 10.6. The van der Waals surface area contributed by atoms with Crippen molar-refractivity contribution in [2.24, 2.45) is 0 Å². The summed E-state index contributed by atoms with van der Waals surface area (Å²) in [5.41, 5.74) is 1.52. The van der Waals surface area contributed by atoms with E-state index in [0.717, 1.165) is 17.7 Å². The Hall–Kier alpha value is -1.97. The van der Waals surface area contributed by atoms with Gasteiger partial charge in [-0.3, -0.25) is 0 Å². The molecule has 0 atom stereocenters. The van der Waals surface area contributed by atoms with Crippen molar-refractivity contribution >= 4 is 0 Å². The third-order valence-electron chi connectivity index (χ3n) is 2.89. The maximum atomic E-state index is 12.7. The summed E-state index contributed by atoms with van der Waals surface area (Å²) in [4.78, 5) is 0. The molecule has 0 aliphatic rings. The van der Waals surface area contributed by atoms with Crippen LogP contribution in [0.2, 0.25) is 0 Å². The summed E-state index contributed by atoms with van der Waals surface area (Å²) in [6, 6.07) is 10.8. The highest BCUT2D eigenvalue weighted by Crippen LogP contribution is 2.37. The third-order valence-corrected chi connectivity index (χ3v) is 2.89. The Kier molecular flexibility index (Phi) is 3.51. The van der Waals surface area contributed by atoms with Crippen LogP contribution < -0.4 is 4.74 Å². The fraction of sp³-hybridized carbons (Fsp3) is 0.200. The number of alkyl halides is 3. The van der Waals surface area contributed by atoms with E-state index in [2.05, 4.69) is 0 Å². The highest BCUT2D eigenvalue weighted by atomic mass is 19.4. The minimum Gasteiger partial charge on any atom is -0.496 e. The molecule has 0 radical (unpaired) electrons. The van der Waals surface area contributed by atoms with Crippen LogP contribution in [0.5, 0.6) is 5.75 Å². The first-order chi connectivity index (χ1) is 8.91. The number of methoxy groups -OCH3 is 1. The van der Waals surface area contributed by atoms with Gasteiger partial charge in [-0.1, -0.05) is 29.8 Å². The molecule has 0 aliphatic carbocycles. The molecule has 19 heavy (non-hydrogen) atoms. The van der Waals surface area contributed by atoms with Crippen LogP contribution in [0.3, 0.4) is 0 Å². The van der Waals surface area contributed by atoms with Gasteiger partial charge in [0.25, 0.3) is 0 Å². The molecule has 100 valence electrons. The van der Waals surface area contributed by atoms with E-state index in [1.165, 1.54) is 13.2 Å². The van der Waals surface area contributed by atoms with Crippen LogP contribution in [-0.2, 0) is 6.18 Å². The van der Waals surface area contributed by atoms with Crippen LogP contribution in [0, 0.1) is 6.92 Å². The summed E-state index contributed by atoms with van der Waals surface area (Å²) in [5.74, 6) is 0.428. The molecule has 2 aromatic carbocycles. The third kappa shape index (κ3) is 2.89. The van der Waals surface area contributed by atoms with Crippen molar-refractivity contribution in [3.05, 3.63) is 53.6 Å². The minimum atomic E-state index is -4.36. The Bertz CT molecular complexity index is 571. The van der Waals surface area contributed by atoms with Crippen LogP contribution >= 0.6 is 0 Å². The normalized spacial score (nSPS) is 11.4. The number of rotatable bonds is 2. The molecule has 0 saturated carbocycles. The Balaban J connectivity index is 2.56. The molecule has 0 fully saturated rings. The molecule has 2 rings (SSSR count). The summed E-state index contributed by atoms with van der Waals surface area (Å²) in [6.07, 6.45) is -4.36. The van der Waals surface area contributed by atoms with Crippen molar-refractivity contribution < 1.29 is 17.9 Å². The molecule has 0 bridgehead atoms. The lowest BCUT2D eigenvalue weighted by Crippen LogP contribution is -2.05. The monoisotopic (exact) mass is 266 g/mol. The van der Waals surface area contributed by atoms with Crippen molar-refractivity contribution in [1.82, 2.24) is 0 Å². The highest BCUT2D eigenvalue weighted by Gasteiger charge is 2.31. The molecule has 0 unspecified atom stereocenters. The van der Waals surface area contributed by atoms with Crippen molar-refractivity contribution in [3.63, 3.8) is 0 Å². The number of ether oxygens (including phenoxy) is 1. The Labute approximate surface area is 109 Å². The summed E-state index contributed by atoms with van der Waals surface area (Å²) in [7, 11) is 1.44. The molecular formula is C15H13F3O. The smallest absolute Gasteiger partial charge is 0.416 e. The fourth-order valence-corrected chi connectivity index (χ4v) is 1.84. The van der Waals surface area contributed by atoms with Crippen LogP contribution in [0.15, 0.2) is 42.5 Å². The van der Waals surface area contributed by atoms with Gasteiger partial charge in [0.05, 0.1) is 12.7 Å². The van der Waals surface area contributed by atoms with Crippen LogP contribution in [0.25, 0.3) is 11.1 Å². The molecule has 0 aliphatic heterocycles. The molecule has 1 nitrogen and oxygen atoms in total. The van der Waals surface area contributed by atoms with Crippen LogP contribution in [0.1, 0.15) is 11.1 Å². The first-order valence-corrected chi connectivity index (χ1v) is 5.74. The molecular weight excluding hydrogens is 253 g/mol. The molecule has 4 heteroatoms. The van der Waals surface area contributed by atoms with Gasteiger partial charge in [0.2, 0.25) is 0 Å². The molecule has 0 aromatic heterocycles. The predicted octanol–water partition coefficient (Wildman–Crippen LogP) is 4.69. The molecule has 0 saturated heterocycles. The predicted molar refractivity (Wildman–Crippen MR) is 68.2 cm³/mol. The first-order valence-electron chi connectivity index (χ1n) is 5.74. The molecule has 0 spiro atoms. The molecule has 0 N–H and O–H groups in total. The minimum absolute atomic E-state index is 0.428. The van der Waals surface area contributed by atoms with Crippen LogP contribution in [0.4, 0.5) is 13.2 Å². The SMILES string of the molecule is COc1ccc(C(F)(F)F)cc1-c1ccc(C)cc1. The number of halogens is 3. The Morgan fingerprint density at radius 1 is 0.947 bits per heavy atom. The van der Waals surface area contributed by atoms with Gasteiger partial charge in [-0.25, -0.2) is 0 Å². The summed E-state index contributed by atoms with van der Waals surface area (Å²) >= 11 is 0. The number of aryl methyl sites for hydroxylation is 1. The standard InChI is InChI=1S/C15H13F3O/c1-10-3-5-11(6-4-10)13-9-12(15(16,17)18)7-8-14(13)19-2/h3-9H,1-2H3. The topological polar surface area (TPSA) is 9.23 Å². The van der Waals surface area contributed by atoms with Gasteiger partial charge in [-0.15, -0.1) is 0 Å². The van der Waals surface area contributed by atoms with E-state index in [1.807, 2.05) is 19.1 Å². The first kappa shape index (κ1) is 13.5. The zero-order valence-electron chi connectivity index (χ0n) is 10.6. The summed E-state index contributed by atoms with van der Waals surface area (Å²) in [6.45, 7) is 1.92. The van der Waals surface area contributed by atoms with E-state index >= 15 is 0 Å². The van der Waals surface area contributed by atoms with Crippen molar-refractivity contribution in [2.45, 2.75) is 13.1 Å². The van der Waals surface area contributed by atoms with Gasteiger partial charge in [0.15, 0.2) is 0 Å². The fourth-order valence-electron chi connectivity index (χ4n) is 1.84. The van der Waals surface area contributed by atoms with E-state index in [9.17, 15) is 13.2 Å². The molecule has 0 amide bonds. The lowest BCUT2D eigenvalue weighted by atomic mass is 10.0. The maximum Gasteiger partial charge on any atom is 0.416 e. The Morgan fingerprint density at radius 3 is 2.11 bits per heavy atom. The van der Waals surface area contributed by atoms with Crippen molar-refractivity contribution in [2.75, 3.05) is 7.11 Å². The van der Waals surface area contributed by atoms with Gasteiger partial charge >= 0.3 is 6.18 Å². The van der Waals surface area contributed by atoms with E-state index in [1.54, 1.807) is 12.1 Å². The largest absolute Gasteiger partial charge is 0.496 e. The second-order valence-corrected chi connectivity index (χ2v) is 4.28. The zero-order chi connectivity index (χ0) is 14.0. The lowest BCUT2D eigenvalue weighted by Gasteiger charge is -2.13. The van der Waals surface area contributed by atoms with Crippen molar-refractivity contribution in [1.29, 1.82) is 0 Å². The maximum absolute atomic E-state index is 12.7. The second-order valence-electron chi connectivity index (χ2n) is 4.28. The van der Waals surface area contributed by atoms with Crippen molar-refractivity contribution in [3.8, 4) is 16.9 Å². The second kappa shape index (κ2) is 4.96. The van der Waals surface area contributed by atoms with Gasteiger partial charge < -0.3 is 4.74 Å².